The largest absolute Gasteiger partial charge is 0.478 e. The third kappa shape index (κ3) is 3.89. The zero-order valence-electron chi connectivity index (χ0n) is 7.96. The number of hydrogen-bond donors (Lipinski definition) is 3. The van der Waals surface area contributed by atoms with Gasteiger partial charge in [0.05, 0.1) is 0 Å². The van der Waals surface area contributed by atoms with Gasteiger partial charge in [-0.2, -0.15) is 0 Å². The Morgan fingerprint density at radius 1 is 1.54 bits per heavy atom. The molecule has 0 spiro atoms. The molecule has 0 saturated heterocycles. The molecule has 0 aromatic heterocycles. The number of carbonyl (C=O) groups excluding carboxylic acids is 1. The SMILES string of the molecule is CCCCC(N)(NC(C)=O)C(=O)O. The number of nitrogens with two attached hydrogens (primary N) is 1. The molecular formula is C8H16N2O3. The summed E-state index contributed by atoms with van der Waals surface area (Å²) in [6.45, 7) is 3.17. The molecule has 0 radical (unpaired) electrons. The van der Waals surface area contributed by atoms with Crippen LogP contribution in [0.4, 0.5) is 0 Å². The van der Waals surface area contributed by atoms with Crippen LogP contribution >= 0.6 is 0 Å². The van der Waals surface area contributed by atoms with Crippen LogP contribution in [0.2, 0.25) is 0 Å². The van der Waals surface area contributed by atoms with Crippen LogP contribution < -0.4 is 11.1 Å². The van der Waals surface area contributed by atoms with E-state index in [1.165, 1.54) is 6.92 Å². The van der Waals surface area contributed by atoms with Gasteiger partial charge < -0.3 is 10.4 Å². The van der Waals surface area contributed by atoms with Crippen LogP contribution in [-0.4, -0.2) is 22.6 Å². The summed E-state index contributed by atoms with van der Waals surface area (Å²) in [5.74, 6) is -1.63. The molecule has 76 valence electrons. The molecule has 0 aliphatic heterocycles. The summed E-state index contributed by atoms with van der Waals surface area (Å²) in [6, 6.07) is 0. The number of amides is 1. The van der Waals surface area contributed by atoms with E-state index >= 15 is 0 Å². The Hall–Kier alpha value is -1.10. The van der Waals surface area contributed by atoms with Crippen LogP contribution in [0.15, 0.2) is 0 Å². The highest BCUT2D eigenvalue weighted by Gasteiger charge is 2.33. The van der Waals surface area contributed by atoms with Crippen molar-refractivity contribution in [3.8, 4) is 0 Å². The monoisotopic (exact) mass is 188 g/mol. The molecule has 0 bridgehead atoms. The first-order chi connectivity index (χ1) is 5.92. The molecule has 1 atom stereocenters. The standard InChI is InChI=1S/C8H16N2O3/c1-3-4-5-8(9,7(12)13)10-6(2)11/h3-5,9H2,1-2H3,(H,10,11)(H,12,13). The van der Waals surface area contributed by atoms with Gasteiger partial charge in [-0.05, 0) is 12.8 Å². The predicted molar refractivity (Wildman–Crippen MR) is 47.9 cm³/mol. The molecule has 0 aromatic rings. The summed E-state index contributed by atoms with van der Waals surface area (Å²) in [5.41, 5.74) is 3.89. The van der Waals surface area contributed by atoms with Gasteiger partial charge in [0.25, 0.3) is 0 Å². The number of unbranched alkanes of at least 4 members (excludes halogenated alkanes) is 1. The maximum absolute atomic E-state index is 10.7. The molecule has 13 heavy (non-hydrogen) atoms. The van der Waals surface area contributed by atoms with E-state index in [1.54, 1.807) is 0 Å². The maximum Gasteiger partial charge on any atom is 0.344 e. The lowest BCUT2D eigenvalue weighted by molar-refractivity contribution is -0.147. The fourth-order valence-corrected chi connectivity index (χ4v) is 0.993. The minimum Gasteiger partial charge on any atom is -0.478 e. The molecule has 0 rings (SSSR count). The fourth-order valence-electron chi connectivity index (χ4n) is 0.993. The van der Waals surface area contributed by atoms with E-state index < -0.39 is 17.5 Å². The summed E-state index contributed by atoms with van der Waals surface area (Å²) < 4.78 is 0. The molecule has 1 unspecified atom stereocenters. The Morgan fingerprint density at radius 3 is 2.38 bits per heavy atom. The number of carboxylic acids is 1. The Morgan fingerprint density at radius 2 is 2.08 bits per heavy atom. The Bertz CT molecular complexity index is 206. The molecule has 1 amide bonds. The van der Waals surface area contributed by atoms with Crippen molar-refractivity contribution in [2.75, 3.05) is 0 Å². The van der Waals surface area contributed by atoms with Gasteiger partial charge in [0.2, 0.25) is 5.91 Å². The number of rotatable bonds is 5. The summed E-state index contributed by atoms with van der Waals surface area (Å²) in [7, 11) is 0. The highest BCUT2D eigenvalue weighted by Crippen LogP contribution is 2.08. The second-order valence-corrected chi connectivity index (χ2v) is 3.06. The minimum absolute atomic E-state index is 0.248. The van der Waals surface area contributed by atoms with E-state index in [4.69, 9.17) is 10.8 Å². The number of carboxylic acid groups (broad SMARTS) is 1. The summed E-state index contributed by atoms with van der Waals surface area (Å²) in [6.07, 6.45) is 1.76. The van der Waals surface area contributed by atoms with Gasteiger partial charge in [-0.25, -0.2) is 4.79 Å². The van der Waals surface area contributed by atoms with E-state index in [0.717, 1.165) is 6.42 Å². The highest BCUT2D eigenvalue weighted by atomic mass is 16.4. The highest BCUT2D eigenvalue weighted by molar-refractivity contribution is 5.85. The zero-order valence-corrected chi connectivity index (χ0v) is 7.96. The van der Waals surface area contributed by atoms with Crippen LogP contribution in [0, 0.1) is 0 Å². The number of aliphatic carboxylic acids is 1. The zero-order chi connectivity index (χ0) is 10.5. The Kier molecular flexibility index (Phi) is 4.40. The van der Waals surface area contributed by atoms with Crippen LogP contribution in [0.3, 0.4) is 0 Å². The molecule has 5 nitrogen and oxygen atoms in total. The Balaban J connectivity index is 4.34. The average molecular weight is 188 g/mol. The lowest BCUT2D eigenvalue weighted by Gasteiger charge is -2.24. The Labute approximate surface area is 77.3 Å². The summed E-state index contributed by atoms with van der Waals surface area (Å²) in [4.78, 5) is 21.4. The van der Waals surface area contributed by atoms with Crippen LogP contribution in [-0.2, 0) is 9.59 Å². The van der Waals surface area contributed by atoms with E-state index in [2.05, 4.69) is 5.32 Å². The van der Waals surface area contributed by atoms with E-state index in [1.807, 2.05) is 6.92 Å². The second-order valence-electron chi connectivity index (χ2n) is 3.06. The van der Waals surface area contributed by atoms with Crippen molar-refractivity contribution in [1.82, 2.24) is 5.32 Å². The fraction of sp³-hybridized carbons (Fsp3) is 0.750. The topological polar surface area (TPSA) is 92.4 Å². The van der Waals surface area contributed by atoms with Gasteiger partial charge in [-0.1, -0.05) is 13.3 Å². The molecule has 0 saturated carbocycles. The third-order valence-corrected chi connectivity index (χ3v) is 1.71. The van der Waals surface area contributed by atoms with Crippen molar-refractivity contribution in [1.29, 1.82) is 0 Å². The van der Waals surface area contributed by atoms with E-state index in [0.29, 0.717) is 6.42 Å². The predicted octanol–water partition coefficient (Wildman–Crippen LogP) is 0.0523. The average Bonchev–Trinajstić information content (AvgIpc) is 1.99. The van der Waals surface area contributed by atoms with Crippen molar-refractivity contribution in [3.63, 3.8) is 0 Å². The molecule has 0 heterocycles. The molecule has 4 N–H and O–H groups in total. The summed E-state index contributed by atoms with van der Waals surface area (Å²) in [5, 5.41) is 11.0. The van der Waals surface area contributed by atoms with E-state index in [-0.39, 0.29) is 6.42 Å². The first-order valence-corrected chi connectivity index (χ1v) is 4.23. The van der Waals surface area contributed by atoms with Gasteiger partial charge in [0.15, 0.2) is 5.66 Å². The lowest BCUT2D eigenvalue weighted by atomic mass is 10.0. The minimum atomic E-state index is -1.61. The van der Waals surface area contributed by atoms with Crippen LogP contribution in [0.1, 0.15) is 33.1 Å². The van der Waals surface area contributed by atoms with Gasteiger partial charge in [0, 0.05) is 6.92 Å². The van der Waals surface area contributed by atoms with Crippen molar-refractivity contribution < 1.29 is 14.7 Å². The van der Waals surface area contributed by atoms with E-state index in [9.17, 15) is 9.59 Å². The smallest absolute Gasteiger partial charge is 0.344 e. The maximum atomic E-state index is 10.7. The summed E-state index contributed by atoms with van der Waals surface area (Å²) >= 11 is 0. The normalized spacial score (nSPS) is 14.7. The molecular weight excluding hydrogens is 172 g/mol. The van der Waals surface area contributed by atoms with Crippen LogP contribution in [0.5, 0.6) is 0 Å². The third-order valence-electron chi connectivity index (χ3n) is 1.71. The van der Waals surface area contributed by atoms with Crippen molar-refractivity contribution in [2.45, 2.75) is 38.8 Å². The molecule has 0 aliphatic carbocycles. The van der Waals surface area contributed by atoms with Gasteiger partial charge in [-0.3, -0.25) is 10.5 Å². The van der Waals surface area contributed by atoms with Gasteiger partial charge >= 0.3 is 5.97 Å². The van der Waals surface area contributed by atoms with Crippen molar-refractivity contribution in [2.24, 2.45) is 5.73 Å². The van der Waals surface area contributed by atoms with Gasteiger partial charge in [0.1, 0.15) is 0 Å². The number of hydrogen-bond acceptors (Lipinski definition) is 3. The van der Waals surface area contributed by atoms with Crippen molar-refractivity contribution >= 4 is 11.9 Å². The lowest BCUT2D eigenvalue weighted by Crippen LogP contribution is -2.61. The number of nitrogens with one attached hydrogen (secondary N) is 1. The van der Waals surface area contributed by atoms with Crippen molar-refractivity contribution in [3.05, 3.63) is 0 Å². The molecule has 5 heteroatoms. The number of carbonyl (C=O) groups is 2. The molecule has 0 aliphatic rings. The van der Waals surface area contributed by atoms with Gasteiger partial charge in [-0.15, -0.1) is 0 Å². The molecule has 0 aromatic carbocycles. The first-order valence-electron chi connectivity index (χ1n) is 4.23. The first kappa shape index (κ1) is 11.9. The quantitative estimate of drug-likeness (QED) is 0.531. The molecule has 0 fully saturated rings. The van der Waals surface area contributed by atoms with Crippen LogP contribution in [0.25, 0.3) is 0 Å². The second kappa shape index (κ2) is 4.81.